The van der Waals surface area contributed by atoms with Crippen molar-refractivity contribution in [2.75, 3.05) is 13.1 Å². The average Bonchev–Trinajstić information content (AvgIpc) is 2.86. The van der Waals surface area contributed by atoms with Crippen molar-refractivity contribution in [3.05, 3.63) is 29.5 Å². The highest BCUT2D eigenvalue weighted by Gasteiger charge is 2.21. The van der Waals surface area contributed by atoms with E-state index in [4.69, 9.17) is 0 Å². The van der Waals surface area contributed by atoms with E-state index in [0.717, 1.165) is 36.9 Å². The summed E-state index contributed by atoms with van der Waals surface area (Å²) in [5.41, 5.74) is 3.91. The van der Waals surface area contributed by atoms with Gasteiger partial charge in [-0.1, -0.05) is 27.2 Å². The zero-order valence-corrected chi connectivity index (χ0v) is 14.7. The number of fused-ring (bicyclic) bond motifs is 3. The van der Waals surface area contributed by atoms with E-state index in [1.165, 1.54) is 35.9 Å². The summed E-state index contributed by atoms with van der Waals surface area (Å²) < 4.78 is 0. The minimum atomic E-state index is 0.355. The first-order valence-electron chi connectivity index (χ1n) is 9.12. The Morgan fingerprint density at radius 2 is 2.04 bits per heavy atom. The molecule has 0 aliphatic carbocycles. The number of phenols is 1. The monoisotopic (exact) mass is 314 g/mol. The second-order valence-corrected chi connectivity index (χ2v) is 7.45. The summed E-state index contributed by atoms with van der Waals surface area (Å²) in [5, 5.41) is 14.7. The summed E-state index contributed by atoms with van der Waals surface area (Å²) in [7, 11) is 0. The van der Waals surface area contributed by atoms with E-state index in [1.54, 1.807) is 6.07 Å². The van der Waals surface area contributed by atoms with Gasteiger partial charge in [0.05, 0.1) is 0 Å². The lowest BCUT2D eigenvalue weighted by Crippen LogP contribution is -2.25. The van der Waals surface area contributed by atoms with Gasteiger partial charge in [-0.05, 0) is 73.9 Å². The number of benzene rings is 1. The lowest BCUT2D eigenvalue weighted by molar-refractivity contribution is 0.340. The Balaban J connectivity index is 1.96. The molecule has 1 aromatic carbocycles. The van der Waals surface area contributed by atoms with Crippen LogP contribution < -0.4 is 5.32 Å². The Kier molecular flexibility index (Phi) is 4.96. The molecule has 3 unspecified atom stereocenters. The Morgan fingerprint density at radius 1 is 1.22 bits per heavy atom. The largest absolute Gasteiger partial charge is 0.508 e. The van der Waals surface area contributed by atoms with Gasteiger partial charge in [0.15, 0.2) is 0 Å². The van der Waals surface area contributed by atoms with Crippen LogP contribution in [0.15, 0.2) is 18.2 Å². The predicted octanol–water partition coefficient (Wildman–Crippen LogP) is 4.57. The summed E-state index contributed by atoms with van der Waals surface area (Å²) in [6, 6.07) is 5.68. The summed E-state index contributed by atoms with van der Waals surface area (Å²) in [4.78, 5) is 3.64. The van der Waals surface area contributed by atoms with Gasteiger partial charge >= 0.3 is 0 Å². The molecule has 0 spiro atoms. The van der Waals surface area contributed by atoms with Gasteiger partial charge in [0.1, 0.15) is 5.75 Å². The molecule has 3 heteroatoms. The first-order chi connectivity index (χ1) is 11.1. The second kappa shape index (κ2) is 6.96. The molecule has 3 nitrogen and oxygen atoms in total. The quantitative estimate of drug-likeness (QED) is 0.722. The van der Waals surface area contributed by atoms with Crippen molar-refractivity contribution in [2.24, 2.45) is 11.8 Å². The van der Waals surface area contributed by atoms with Gasteiger partial charge in [0.2, 0.25) is 0 Å². The van der Waals surface area contributed by atoms with E-state index in [0.29, 0.717) is 11.7 Å². The molecule has 2 heterocycles. The van der Waals surface area contributed by atoms with Gasteiger partial charge in [-0.2, -0.15) is 0 Å². The first kappa shape index (κ1) is 16.4. The maximum Gasteiger partial charge on any atom is 0.116 e. The van der Waals surface area contributed by atoms with E-state index < -0.39 is 0 Å². The van der Waals surface area contributed by atoms with Crippen molar-refractivity contribution in [3.63, 3.8) is 0 Å². The van der Waals surface area contributed by atoms with E-state index in [-0.39, 0.29) is 0 Å². The Labute approximate surface area is 139 Å². The molecule has 3 rings (SSSR count). The molecule has 3 atom stereocenters. The van der Waals surface area contributed by atoms with Crippen LogP contribution in [0.5, 0.6) is 5.75 Å². The third-order valence-electron chi connectivity index (χ3n) is 5.47. The number of hydrogen-bond acceptors (Lipinski definition) is 2. The van der Waals surface area contributed by atoms with Gasteiger partial charge in [-0.25, -0.2) is 0 Å². The zero-order valence-electron chi connectivity index (χ0n) is 14.7. The first-order valence-corrected chi connectivity index (χ1v) is 9.12. The Morgan fingerprint density at radius 3 is 2.83 bits per heavy atom. The number of aromatic amines is 1. The standard InChI is InChI=1S/C20H30N2O/c1-4-15-10-13(2)9-14(3)20-17(7-8-21-12-15)18-11-16(23)5-6-19(18)22-20/h5-6,11,13-15,21-23H,4,7-10,12H2,1-3H3. The highest BCUT2D eigenvalue weighted by molar-refractivity contribution is 5.86. The summed E-state index contributed by atoms with van der Waals surface area (Å²) >= 11 is 0. The minimum Gasteiger partial charge on any atom is -0.508 e. The van der Waals surface area contributed by atoms with Gasteiger partial charge < -0.3 is 15.4 Å². The van der Waals surface area contributed by atoms with Crippen LogP contribution in [0, 0.1) is 11.8 Å². The second-order valence-electron chi connectivity index (χ2n) is 7.45. The maximum atomic E-state index is 9.87. The van der Waals surface area contributed by atoms with Gasteiger partial charge in [-0.3, -0.25) is 0 Å². The number of H-pyrrole nitrogens is 1. The molecular weight excluding hydrogens is 284 g/mol. The van der Waals surface area contributed by atoms with Crippen LogP contribution in [-0.4, -0.2) is 23.2 Å². The van der Waals surface area contributed by atoms with Crippen LogP contribution in [0.3, 0.4) is 0 Å². The smallest absolute Gasteiger partial charge is 0.116 e. The van der Waals surface area contributed by atoms with Gasteiger partial charge in [0.25, 0.3) is 0 Å². The van der Waals surface area contributed by atoms with Gasteiger partial charge in [0, 0.05) is 16.6 Å². The maximum absolute atomic E-state index is 9.87. The lowest BCUT2D eigenvalue weighted by atomic mass is 9.86. The third kappa shape index (κ3) is 3.55. The number of aromatic hydroxyl groups is 1. The predicted molar refractivity (Wildman–Crippen MR) is 97.1 cm³/mol. The topological polar surface area (TPSA) is 48.0 Å². The van der Waals surface area contributed by atoms with E-state index in [2.05, 4.69) is 31.1 Å². The number of hydrogen-bond donors (Lipinski definition) is 3. The molecule has 126 valence electrons. The van der Waals surface area contributed by atoms with Crippen molar-refractivity contribution in [2.45, 2.75) is 52.4 Å². The molecular formula is C20H30N2O. The van der Waals surface area contributed by atoms with Gasteiger partial charge in [-0.15, -0.1) is 0 Å². The Bertz CT molecular complexity index is 661. The number of nitrogens with one attached hydrogen (secondary N) is 2. The van der Waals surface area contributed by atoms with Crippen LogP contribution in [-0.2, 0) is 6.42 Å². The fourth-order valence-electron chi connectivity index (χ4n) is 4.25. The molecule has 0 saturated heterocycles. The van der Waals surface area contributed by atoms with Crippen molar-refractivity contribution < 1.29 is 5.11 Å². The van der Waals surface area contributed by atoms with E-state index in [1.807, 2.05) is 12.1 Å². The number of phenolic OH excluding ortho intramolecular Hbond substituents is 1. The molecule has 0 bridgehead atoms. The van der Waals surface area contributed by atoms with Crippen LogP contribution in [0.1, 0.15) is 57.2 Å². The van der Waals surface area contributed by atoms with Crippen molar-refractivity contribution in [1.82, 2.24) is 10.3 Å². The molecule has 2 aromatic rings. The molecule has 1 aliphatic heterocycles. The Hall–Kier alpha value is -1.48. The highest BCUT2D eigenvalue weighted by Crippen LogP contribution is 2.34. The van der Waals surface area contributed by atoms with Crippen LogP contribution in [0.2, 0.25) is 0 Å². The minimum absolute atomic E-state index is 0.355. The van der Waals surface area contributed by atoms with E-state index >= 15 is 0 Å². The fourth-order valence-corrected chi connectivity index (χ4v) is 4.25. The zero-order chi connectivity index (χ0) is 16.4. The third-order valence-corrected chi connectivity index (χ3v) is 5.47. The molecule has 0 saturated carbocycles. The summed E-state index contributed by atoms with van der Waals surface area (Å²) in [6.45, 7) is 9.17. The molecule has 1 aliphatic rings. The highest BCUT2D eigenvalue weighted by atomic mass is 16.3. The molecule has 3 N–H and O–H groups in total. The summed E-state index contributed by atoms with van der Waals surface area (Å²) in [5.74, 6) is 2.41. The SMILES string of the molecule is CCC1CNCCc2c([nH]c3ccc(O)cc23)C(C)CC(C)C1. The lowest BCUT2D eigenvalue weighted by Gasteiger charge is -2.21. The van der Waals surface area contributed by atoms with Crippen molar-refractivity contribution in [1.29, 1.82) is 0 Å². The van der Waals surface area contributed by atoms with Crippen LogP contribution in [0.25, 0.3) is 10.9 Å². The molecule has 0 radical (unpaired) electrons. The molecule has 0 amide bonds. The normalized spacial score (nSPS) is 26.7. The van der Waals surface area contributed by atoms with Crippen molar-refractivity contribution in [3.8, 4) is 5.75 Å². The number of aromatic nitrogens is 1. The van der Waals surface area contributed by atoms with Crippen molar-refractivity contribution >= 4 is 10.9 Å². The fraction of sp³-hybridized carbons (Fsp3) is 0.600. The average molecular weight is 314 g/mol. The van der Waals surface area contributed by atoms with Crippen LogP contribution >= 0.6 is 0 Å². The molecule has 1 aromatic heterocycles. The number of rotatable bonds is 1. The summed E-state index contributed by atoms with van der Waals surface area (Å²) in [6.07, 6.45) is 4.81. The molecule has 23 heavy (non-hydrogen) atoms. The van der Waals surface area contributed by atoms with Crippen LogP contribution in [0.4, 0.5) is 0 Å². The van der Waals surface area contributed by atoms with E-state index in [9.17, 15) is 5.11 Å². The molecule has 0 fully saturated rings.